The molecule has 1 aromatic heterocycles. The van der Waals surface area contributed by atoms with Crippen molar-refractivity contribution in [2.75, 3.05) is 16.7 Å². The van der Waals surface area contributed by atoms with Crippen molar-refractivity contribution >= 4 is 38.6 Å². The van der Waals surface area contributed by atoms with E-state index in [0.29, 0.717) is 21.9 Å². The van der Waals surface area contributed by atoms with Crippen LogP contribution in [0.2, 0.25) is 0 Å². The molecule has 0 spiro atoms. The highest BCUT2D eigenvalue weighted by Crippen LogP contribution is 2.28. The number of nitrogens with zero attached hydrogens (tertiary/aromatic N) is 2. The third kappa shape index (κ3) is 4.39. The van der Waals surface area contributed by atoms with Crippen LogP contribution in [0.15, 0.2) is 90.0 Å². The zero-order chi connectivity index (χ0) is 22.7. The summed E-state index contributed by atoms with van der Waals surface area (Å²) < 4.78 is 41.2. The predicted molar refractivity (Wildman–Crippen MR) is 124 cm³/mol. The van der Waals surface area contributed by atoms with E-state index in [1.54, 1.807) is 60.7 Å². The van der Waals surface area contributed by atoms with E-state index in [-0.39, 0.29) is 9.77 Å². The molecule has 1 N–H and O–H groups in total. The van der Waals surface area contributed by atoms with Crippen molar-refractivity contribution in [3.05, 3.63) is 95.8 Å². The van der Waals surface area contributed by atoms with Crippen LogP contribution >= 0.6 is 11.3 Å². The Morgan fingerprint density at radius 1 is 1.00 bits per heavy atom. The molecule has 0 aliphatic carbocycles. The molecule has 0 bridgehead atoms. The summed E-state index contributed by atoms with van der Waals surface area (Å²) >= 11 is 1.05. The summed E-state index contributed by atoms with van der Waals surface area (Å²) in [7, 11) is -2.35. The van der Waals surface area contributed by atoms with Gasteiger partial charge in [-0.15, -0.1) is 11.3 Å². The Hall–Kier alpha value is -3.56. The maximum Gasteiger partial charge on any atom is 0.267 e. The summed E-state index contributed by atoms with van der Waals surface area (Å²) in [6.45, 7) is 0. The second kappa shape index (κ2) is 8.89. The SMILES string of the molecule is CN(c1ccccc1)S(=O)(=O)c1cccc(NC(=O)c2cnc(-c3ccccc3F)s2)c1. The van der Waals surface area contributed by atoms with Crippen LogP contribution in [0.4, 0.5) is 15.8 Å². The minimum absolute atomic E-state index is 0.0398. The first-order valence-electron chi connectivity index (χ1n) is 9.52. The van der Waals surface area contributed by atoms with Crippen LogP contribution in [0.25, 0.3) is 10.6 Å². The van der Waals surface area contributed by atoms with Crippen molar-refractivity contribution in [1.29, 1.82) is 0 Å². The Kier molecular flexibility index (Phi) is 6.02. The molecule has 0 saturated carbocycles. The van der Waals surface area contributed by atoms with Gasteiger partial charge in [0.05, 0.1) is 16.8 Å². The molecule has 0 aliphatic rings. The fraction of sp³-hybridized carbons (Fsp3) is 0.0435. The smallest absolute Gasteiger partial charge is 0.267 e. The molecular formula is C23H18FN3O3S2. The number of thiazole rings is 1. The van der Waals surface area contributed by atoms with Crippen molar-refractivity contribution in [3.63, 3.8) is 0 Å². The molecule has 0 unspecified atom stereocenters. The molecule has 0 fully saturated rings. The monoisotopic (exact) mass is 467 g/mol. The molecule has 0 radical (unpaired) electrons. The number of carbonyl (C=O) groups is 1. The first kappa shape index (κ1) is 21.7. The Labute approximate surface area is 189 Å². The molecule has 4 aromatic rings. The summed E-state index contributed by atoms with van der Waals surface area (Å²) in [5.41, 5.74) is 1.15. The number of hydrogen-bond donors (Lipinski definition) is 1. The van der Waals surface area contributed by atoms with Crippen molar-refractivity contribution in [2.45, 2.75) is 4.90 Å². The van der Waals surface area contributed by atoms with Gasteiger partial charge in [-0.1, -0.05) is 36.4 Å². The highest BCUT2D eigenvalue weighted by Gasteiger charge is 2.22. The van der Waals surface area contributed by atoms with E-state index in [0.717, 1.165) is 11.3 Å². The molecule has 0 atom stereocenters. The Morgan fingerprint density at radius 2 is 1.72 bits per heavy atom. The number of aromatic nitrogens is 1. The quantitative estimate of drug-likeness (QED) is 0.432. The highest BCUT2D eigenvalue weighted by molar-refractivity contribution is 7.92. The highest BCUT2D eigenvalue weighted by atomic mass is 32.2. The number of carbonyl (C=O) groups excluding carboxylic acids is 1. The van der Waals surface area contributed by atoms with Gasteiger partial charge in [-0.25, -0.2) is 17.8 Å². The molecule has 4 rings (SSSR count). The molecule has 32 heavy (non-hydrogen) atoms. The summed E-state index contributed by atoms with van der Waals surface area (Å²) in [5.74, 6) is -0.884. The number of hydrogen-bond acceptors (Lipinski definition) is 5. The van der Waals surface area contributed by atoms with Gasteiger partial charge in [0.15, 0.2) is 0 Å². The fourth-order valence-corrected chi connectivity index (χ4v) is 5.08. The van der Waals surface area contributed by atoms with Crippen molar-refractivity contribution < 1.29 is 17.6 Å². The van der Waals surface area contributed by atoms with Crippen LogP contribution in [-0.2, 0) is 10.0 Å². The molecule has 162 valence electrons. The van der Waals surface area contributed by atoms with Crippen molar-refractivity contribution in [3.8, 4) is 10.6 Å². The van der Waals surface area contributed by atoms with E-state index in [2.05, 4.69) is 10.3 Å². The van der Waals surface area contributed by atoms with Gasteiger partial charge in [0.2, 0.25) is 0 Å². The maximum absolute atomic E-state index is 14.0. The molecule has 1 amide bonds. The largest absolute Gasteiger partial charge is 0.321 e. The number of amides is 1. The van der Waals surface area contributed by atoms with Crippen LogP contribution in [0.5, 0.6) is 0 Å². The van der Waals surface area contributed by atoms with E-state index in [4.69, 9.17) is 0 Å². The Morgan fingerprint density at radius 3 is 2.47 bits per heavy atom. The number of sulfonamides is 1. The molecule has 6 nitrogen and oxygen atoms in total. The predicted octanol–water partition coefficient (Wildman–Crippen LogP) is 5.03. The maximum atomic E-state index is 14.0. The van der Waals surface area contributed by atoms with E-state index in [1.165, 1.54) is 35.7 Å². The average molecular weight is 468 g/mol. The Bertz CT molecular complexity index is 1370. The van der Waals surface area contributed by atoms with E-state index in [9.17, 15) is 17.6 Å². The second-order valence-corrected chi connectivity index (χ2v) is 9.80. The van der Waals surface area contributed by atoms with Crippen LogP contribution in [0.3, 0.4) is 0 Å². The van der Waals surface area contributed by atoms with Gasteiger partial charge in [0, 0.05) is 18.3 Å². The fourth-order valence-electron chi connectivity index (χ4n) is 3.00. The van der Waals surface area contributed by atoms with Gasteiger partial charge >= 0.3 is 0 Å². The normalized spacial score (nSPS) is 11.2. The van der Waals surface area contributed by atoms with E-state index < -0.39 is 21.7 Å². The average Bonchev–Trinajstić information content (AvgIpc) is 3.30. The van der Waals surface area contributed by atoms with Crippen LogP contribution in [-0.4, -0.2) is 26.4 Å². The minimum atomic E-state index is -3.82. The summed E-state index contributed by atoms with van der Waals surface area (Å²) in [5, 5.41) is 3.07. The standard InChI is InChI=1S/C23H18FN3O3S2/c1-27(17-9-3-2-4-10-17)32(29,30)18-11-7-8-16(14-18)26-22(28)21-15-25-23(31-21)19-12-5-6-13-20(19)24/h2-15H,1H3,(H,26,28). The first-order valence-corrected chi connectivity index (χ1v) is 11.8. The van der Waals surface area contributed by atoms with E-state index >= 15 is 0 Å². The zero-order valence-corrected chi connectivity index (χ0v) is 18.5. The lowest BCUT2D eigenvalue weighted by atomic mass is 10.2. The summed E-state index contributed by atoms with van der Waals surface area (Å²) in [6, 6.07) is 20.9. The zero-order valence-electron chi connectivity index (χ0n) is 16.9. The second-order valence-electron chi connectivity index (χ2n) is 6.80. The lowest BCUT2D eigenvalue weighted by Crippen LogP contribution is -2.26. The van der Waals surface area contributed by atoms with Gasteiger partial charge in [0.1, 0.15) is 15.7 Å². The number of halogens is 1. The summed E-state index contributed by atoms with van der Waals surface area (Å²) in [6.07, 6.45) is 1.37. The van der Waals surface area contributed by atoms with Gasteiger partial charge in [-0.05, 0) is 42.5 Å². The topological polar surface area (TPSA) is 79.4 Å². The molecule has 9 heteroatoms. The number of nitrogens with one attached hydrogen (secondary N) is 1. The molecule has 3 aromatic carbocycles. The molecule has 1 heterocycles. The van der Waals surface area contributed by atoms with Gasteiger partial charge < -0.3 is 5.32 Å². The number of benzene rings is 3. The number of rotatable bonds is 6. The van der Waals surface area contributed by atoms with E-state index in [1.807, 2.05) is 0 Å². The van der Waals surface area contributed by atoms with Crippen molar-refractivity contribution in [1.82, 2.24) is 4.98 Å². The summed E-state index contributed by atoms with van der Waals surface area (Å²) in [4.78, 5) is 17.1. The van der Waals surface area contributed by atoms with Crippen LogP contribution in [0.1, 0.15) is 9.67 Å². The van der Waals surface area contributed by atoms with Crippen molar-refractivity contribution in [2.24, 2.45) is 0 Å². The molecule has 0 aliphatic heterocycles. The third-order valence-electron chi connectivity index (χ3n) is 4.70. The molecular weight excluding hydrogens is 449 g/mol. The van der Waals surface area contributed by atoms with Gasteiger partial charge in [0.25, 0.3) is 15.9 Å². The van der Waals surface area contributed by atoms with Crippen LogP contribution < -0.4 is 9.62 Å². The lowest BCUT2D eigenvalue weighted by molar-refractivity contribution is 0.103. The van der Waals surface area contributed by atoms with Gasteiger partial charge in [-0.3, -0.25) is 9.10 Å². The molecule has 0 saturated heterocycles. The first-order chi connectivity index (χ1) is 15.4. The lowest BCUT2D eigenvalue weighted by Gasteiger charge is -2.19. The Balaban J connectivity index is 1.55. The number of para-hydroxylation sites is 1. The minimum Gasteiger partial charge on any atom is -0.321 e. The van der Waals surface area contributed by atoms with Crippen LogP contribution in [0, 0.1) is 5.82 Å². The number of anilines is 2. The third-order valence-corrected chi connectivity index (χ3v) is 7.51. The van der Waals surface area contributed by atoms with Gasteiger partial charge in [-0.2, -0.15) is 0 Å².